The number of carboxylic acid groups (broad SMARTS) is 1. The van der Waals surface area contributed by atoms with E-state index in [4.69, 9.17) is 10.8 Å². The molecule has 2 atom stereocenters. The number of carbonyl (C=O) groups excluding carboxylic acids is 3. The molecule has 0 bridgehead atoms. The quantitative estimate of drug-likeness (QED) is 0.368. The Balaban J connectivity index is 0.000000399. The predicted octanol–water partition coefficient (Wildman–Crippen LogP) is -1.03. The van der Waals surface area contributed by atoms with Crippen molar-refractivity contribution in [3.8, 4) is 0 Å². The summed E-state index contributed by atoms with van der Waals surface area (Å²) < 4.78 is 31.5. The summed E-state index contributed by atoms with van der Waals surface area (Å²) in [5.41, 5.74) is 6.29. The molecule has 1 aromatic carbocycles. The van der Waals surface area contributed by atoms with Crippen LogP contribution >= 0.6 is 0 Å². The van der Waals surface area contributed by atoms with Crippen molar-refractivity contribution in [1.29, 1.82) is 0 Å². The van der Waals surface area contributed by atoms with Gasteiger partial charge in [0, 0.05) is 12.5 Å². The number of methoxy groups -OCH3 is 1. The molecule has 0 saturated carbocycles. The summed E-state index contributed by atoms with van der Waals surface area (Å²) >= 11 is 0. The van der Waals surface area contributed by atoms with Gasteiger partial charge in [0.2, 0.25) is 5.91 Å². The number of rotatable bonds is 7. The highest BCUT2D eigenvalue weighted by Crippen LogP contribution is 2.06. The summed E-state index contributed by atoms with van der Waals surface area (Å²) in [5.74, 6) is -3.11. The molecule has 12 nitrogen and oxygen atoms in total. The summed E-state index contributed by atoms with van der Waals surface area (Å²) in [6.45, 7) is 1.39. The number of hydrogen-bond acceptors (Lipinski definition) is 9. The number of hydrogen-bond donors (Lipinski definition) is 4. The van der Waals surface area contributed by atoms with E-state index in [0.29, 0.717) is 0 Å². The Morgan fingerprint density at radius 2 is 1.87 bits per heavy atom. The molecule has 2 unspecified atom stereocenters. The molecular weight excluding hydrogens is 434 g/mol. The standard InChI is InChI=1S/C14H18N2O5.C4H5NO4S/c1-21-14(20)11(7-9-5-3-2-4-6-9)16-13(19)10(15)8-12(17)18;1-3-2-4(6)5-10(7,8)9-3/h2-6,10-11H,7-8,15H2,1H3,(H,16,19)(H,17,18);2H,1H3,(H,5,6). The van der Waals surface area contributed by atoms with Gasteiger partial charge in [0.05, 0.1) is 19.6 Å². The van der Waals surface area contributed by atoms with Crippen LogP contribution in [-0.4, -0.2) is 56.5 Å². The maximum Gasteiger partial charge on any atom is 0.409 e. The van der Waals surface area contributed by atoms with E-state index in [2.05, 4.69) is 14.2 Å². The summed E-state index contributed by atoms with van der Waals surface area (Å²) in [5, 5.41) is 11.0. The highest BCUT2D eigenvalue weighted by Gasteiger charge is 2.25. The van der Waals surface area contributed by atoms with Crippen LogP contribution in [0.15, 0.2) is 42.2 Å². The molecule has 2 amide bonds. The number of allylic oxidation sites excluding steroid dienone is 1. The molecule has 170 valence electrons. The van der Waals surface area contributed by atoms with Gasteiger partial charge in [-0.05, 0) is 12.5 Å². The minimum absolute atomic E-state index is 0.0729. The van der Waals surface area contributed by atoms with Gasteiger partial charge in [-0.15, -0.1) is 0 Å². The zero-order valence-corrected chi connectivity index (χ0v) is 17.5. The van der Waals surface area contributed by atoms with Crippen molar-refractivity contribution in [2.75, 3.05) is 7.11 Å². The van der Waals surface area contributed by atoms with E-state index in [1.165, 1.54) is 14.0 Å². The molecule has 0 aromatic heterocycles. The average molecular weight is 457 g/mol. The normalized spacial score (nSPS) is 16.1. The SMILES string of the molecule is CC1=CC(=O)NS(=O)(=O)O1.COC(=O)C(Cc1ccccc1)NC(=O)C(N)CC(=O)O. The number of benzene rings is 1. The minimum Gasteiger partial charge on any atom is -0.481 e. The first kappa shape index (κ1) is 25.6. The number of aliphatic carboxylic acids is 1. The van der Waals surface area contributed by atoms with Crippen LogP contribution in [0.4, 0.5) is 0 Å². The third kappa shape index (κ3) is 9.73. The van der Waals surface area contributed by atoms with E-state index < -0.39 is 52.6 Å². The van der Waals surface area contributed by atoms with Gasteiger partial charge in [0.1, 0.15) is 11.8 Å². The molecule has 1 heterocycles. The smallest absolute Gasteiger partial charge is 0.409 e. The predicted molar refractivity (Wildman–Crippen MR) is 106 cm³/mol. The maximum absolute atomic E-state index is 11.8. The van der Waals surface area contributed by atoms with Gasteiger partial charge in [-0.3, -0.25) is 14.4 Å². The van der Waals surface area contributed by atoms with Crippen LogP contribution in [0.25, 0.3) is 0 Å². The molecule has 31 heavy (non-hydrogen) atoms. The molecule has 0 fully saturated rings. The van der Waals surface area contributed by atoms with Crippen molar-refractivity contribution in [2.24, 2.45) is 5.73 Å². The second-order valence-electron chi connectivity index (χ2n) is 6.24. The van der Waals surface area contributed by atoms with Gasteiger partial charge in [0.25, 0.3) is 5.91 Å². The number of nitrogens with two attached hydrogens (primary N) is 1. The zero-order chi connectivity index (χ0) is 23.6. The number of ether oxygens (including phenoxy) is 1. The number of esters is 1. The molecule has 0 radical (unpaired) electrons. The third-order valence-electron chi connectivity index (χ3n) is 3.62. The fourth-order valence-electron chi connectivity index (χ4n) is 2.30. The fourth-order valence-corrected chi connectivity index (χ4v) is 3.04. The van der Waals surface area contributed by atoms with Gasteiger partial charge in [-0.1, -0.05) is 30.3 Å². The zero-order valence-electron chi connectivity index (χ0n) is 16.7. The molecule has 2 rings (SSSR count). The van der Waals surface area contributed by atoms with Crippen molar-refractivity contribution >= 4 is 34.1 Å². The summed E-state index contributed by atoms with van der Waals surface area (Å²) in [6, 6.07) is 6.93. The molecule has 0 aliphatic carbocycles. The van der Waals surface area contributed by atoms with Crippen LogP contribution in [0, 0.1) is 0 Å². The Labute approximate surface area is 178 Å². The molecule has 0 saturated heterocycles. The van der Waals surface area contributed by atoms with E-state index in [1.54, 1.807) is 16.9 Å². The Morgan fingerprint density at radius 1 is 1.26 bits per heavy atom. The lowest BCUT2D eigenvalue weighted by Gasteiger charge is -2.18. The molecule has 1 aliphatic heterocycles. The van der Waals surface area contributed by atoms with Crippen LogP contribution in [-0.2, 0) is 44.8 Å². The monoisotopic (exact) mass is 457 g/mol. The van der Waals surface area contributed by atoms with Gasteiger partial charge < -0.3 is 25.1 Å². The molecule has 0 spiro atoms. The van der Waals surface area contributed by atoms with E-state index in [9.17, 15) is 27.6 Å². The molecule has 13 heteroatoms. The lowest BCUT2D eigenvalue weighted by atomic mass is 10.1. The first-order chi connectivity index (χ1) is 14.4. The van der Waals surface area contributed by atoms with Crippen LogP contribution in [0.5, 0.6) is 0 Å². The van der Waals surface area contributed by atoms with E-state index >= 15 is 0 Å². The number of amides is 2. The second kappa shape index (κ2) is 11.7. The molecule has 1 aliphatic rings. The third-order valence-corrected chi connectivity index (χ3v) is 4.55. The first-order valence-electron chi connectivity index (χ1n) is 8.77. The van der Waals surface area contributed by atoms with Crippen LogP contribution in [0.1, 0.15) is 18.9 Å². The Kier molecular flexibility index (Phi) is 9.63. The minimum atomic E-state index is -3.85. The number of carbonyl (C=O) groups is 4. The highest BCUT2D eigenvalue weighted by molar-refractivity contribution is 7.85. The lowest BCUT2D eigenvalue weighted by molar-refractivity contribution is -0.145. The summed E-state index contributed by atoms with van der Waals surface area (Å²) in [6.07, 6.45) is 0.783. The largest absolute Gasteiger partial charge is 0.481 e. The van der Waals surface area contributed by atoms with Crippen LogP contribution in [0.2, 0.25) is 0 Å². The maximum atomic E-state index is 11.8. The lowest BCUT2D eigenvalue weighted by Crippen LogP contribution is -2.50. The highest BCUT2D eigenvalue weighted by atomic mass is 32.2. The van der Waals surface area contributed by atoms with Gasteiger partial charge in [-0.25, -0.2) is 9.52 Å². The molecular formula is C18H23N3O9S. The Hall–Kier alpha value is -3.45. The first-order valence-corrected chi connectivity index (χ1v) is 10.2. The van der Waals surface area contributed by atoms with Crippen molar-refractivity contribution in [3.05, 3.63) is 47.7 Å². The topological polar surface area (TPSA) is 191 Å². The Bertz CT molecular complexity index is 945. The van der Waals surface area contributed by atoms with Gasteiger partial charge >= 0.3 is 22.2 Å². The average Bonchev–Trinajstić information content (AvgIpc) is 2.65. The van der Waals surface area contributed by atoms with Crippen LogP contribution in [0.3, 0.4) is 0 Å². The fraction of sp³-hybridized carbons (Fsp3) is 0.333. The van der Waals surface area contributed by atoms with Crippen molar-refractivity contribution in [3.63, 3.8) is 0 Å². The molecule has 1 aromatic rings. The van der Waals surface area contributed by atoms with E-state index in [1.807, 2.05) is 18.2 Å². The second-order valence-corrected chi connectivity index (χ2v) is 7.52. The van der Waals surface area contributed by atoms with Gasteiger partial charge in [-0.2, -0.15) is 8.42 Å². The van der Waals surface area contributed by atoms with Crippen molar-refractivity contribution in [2.45, 2.75) is 31.8 Å². The number of carboxylic acids is 1. The summed E-state index contributed by atoms with van der Waals surface area (Å²) in [7, 11) is -2.64. The number of nitrogens with one attached hydrogen (secondary N) is 2. The van der Waals surface area contributed by atoms with Crippen molar-refractivity contribution in [1.82, 2.24) is 10.0 Å². The van der Waals surface area contributed by atoms with Crippen molar-refractivity contribution < 1.29 is 41.6 Å². The summed E-state index contributed by atoms with van der Waals surface area (Å²) in [4.78, 5) is 44.5. The molecule has 5 N–H and O–H groups in total. The van der Waals surface area contributed by atoms with E-state index in [-0.39, 0.29) is 12.2 Å². The Morgan fingerprint density at radius 3 is 2.35 bits per heavy atom. The van der Waals surface area contributed by atoms with E-state index in [0.717, 1.165) is 11.6 Å². The van der Waals surface area contributed by atoms with Gasteiger partial charge in [0.15, 0.2) is 0 Å². The van der Waals surface area contributed by atoms with Crippen LogP contribution < -0.4 is 15.8 Å².